The summed E-state index contributed by atoms with van der Waals surface area (Å²) >= 11 is 17.2. The summed E-state index contributed by atoms with van der Waals surface area (Å²) in [6.45, 7) is 0. The summed E-state index contributed by atoms with van der Waals surface area (Å²) < 4.78 is 26.2. The molecule has 20 rings (SSSR count). The van der Waals surface area contributed by atoms with Crippen LogP contribution in [0.5, 0.6) is 0 Å². The Kier molecular flexibility index (Phi) is 19.6. The lowest BCUT2D eigenvalue weighted by atomic mass is 9.79. The standard InChI is InChI=1S/C36H23BrN2.C18H14BNO2.C18H11Br2N.C13H10.C6H3Br2F/c37-24-21-22-30(36(23-24)39-34-19-9-3-13-27(34)28-14-4-10-20-35(28)39)29-15-5-8-18-33(29)38-31-16-6-1-11-25(31)26-12-2-7-17-32(26)38;21-19(22)15-9-3-6-12-18(15)20-16-10-4-1-7-13(16)14-8-2-5-11-17(14)20;19-12-9-10-15(20)18(11-12)21-16-7-3-1-5-13(16)14-6-2-4-8-17(14)21;1-3-7-12-10(5-1)9-11-6-2-4-8-13(11)12;7-4-1-2-5(8)6(9)3-4/h1-23H;1-12,21-22H;1-11H;1-8H,9H2;1-3H. The maximum absolute atomic E-state index is 12.5. The number of rotatable bonds is 6. The number of para-hydroxylation sites is 10. The van der Waals surface area contributed by atoms with Crippen LogP contribution >= 0.6 is 79.6 Å². The molecule has 0 aliphatic heterocycles. The third kappa shape index (κ3) is 13.1. The van der Waals surface area contributed by atoms with E-state index in [1.807, 2.05) is 48.5 Å². The molecule has 1 aliphatic rings. The zero-order valence-electron chi connectivity index (χ0n) is 55.6. The maximum atomic E-state index is 12.5. The third-order valence-electron chi connectivity index (χ3n) is 19.1. The van der Waals surface area contributed by atoms with E-state index < -0.39 is 7.12 Å². The van der Waals surface area contributed by atoms with Crippen LogP contribution in [0.25, 0.3) is 132 Å². The van der Waals surface area contributed by atoms with E-state index in [-0.39, 0.29) is 5.82 Å². The van der Waals surface area contributed by atoms with Gasteiger partial charge in [-0.15, -0.1) is 0 Å². The molecule has 4 heterocycles. The van der Waals surface area contributed by atoms with Gasteiger partial charge in [-0.05, 0) is 170 Å². The monoisotopic (exact) mass is 1670 g/mol. The third-order valence-corrected chi connectivity index (χ3v) is 21.9. The summed E-state index contributed by atoms with van der Waals surface area (Å²) in [7, 11) is -1.50. The van der Waals surface area contributed by atoms with Crippen LogP contribution < -0.4 is 5.46 Å². The van der Waals surface area contributed by atoms with Gasteiger partial charge >= 0.3 is 7.12 Å². The van der Waals surface area contributed by atoms with Gasteiger partial charge in [0.25, 0.3) is 0 Å². The largest absolute Gasteiger partial charge is 0.490 e. The molecule has 0 unspecified atom stereocenters. The van der Waals surface area contributed by atoms with Crippen LogP contribution in [0.15, 0.2) is 368 Å². The number of hydrogen-bond acceptors (Lipinski definition) is 2. The molecule has 0 atom stereocenters. The lowest BCUT2D eigenvalue weighted by Gasteiger charge is -2.19. The molecule has 4 aromatic heterocycles. The molecule has 0 saturated carbocycles. The average molecular weight is 1670 g/mol. The second kappa shape index (κ2) is 29.9. The van der Waals surface area contributed by atoms with Crippen LogP contribution in [0.4, 0.5) is 4.39 Å². The highest BCUT2D eigenvalue weighted by Gasteiger charge is 2.23. The zero-order chi connectivity index (χ0) is 71.0. The molecule has 6 nitrogen and oxygen atoms in total. The quantitative estimate of drug-likeness (QED) is 0.129. The van der Waals surface area contributed by atoms with E-state index in [0.717, 1.165) is 63.2 Å². The highest BCUT2D eigenvalue weighted by Crippen LogP contribution is 2.43. The highest BCUT2D eigenvalue weighted by atomic mass is 79.9. The van der Waals surface area contributed by atoms with Crippen molar-refractivity contribution in [3.05, 3.63) is 385 Å². The summed E-state index contributed by atoms with van der Waals surface area (Å²) in [5.41, 5.74) is 22.2. The van der Waals surface area contributed by atoms with Gasteiger partial charge in [0.15, 0.2) is 0 Å². The van der Waals surface area contributed by atoms with Crippen LogP contribution in [-0.2, 0) is 6.42 Å². The Morgan fingerprint density at radius 3 is 0.923 bits per heavy atom. The van der Waals surface area contributed by atoms with Crippen LogP contribution in [0.2, 0.25) is 0 Å². The molecule has 15 aromatic carbocycles. The molecule has 1 aliphatic carbocycles. The zero-order valence-corrected chi connectivity index (χ0v) is 63.6. The Bertz CT molecular complexity index is 6200. The van der Waals surface area contributed by atoms with Gasteiger partial charge in [0.1, 0.15) is 5.82 Å². The van der Waals surface area contributed by atoms with E-state index >= 15 is 0 Å². The predicted octanol–water partition coefficient (Wildman–Crippen LogP) is 25.7. The van der Waals surface area contributed by atoms with Gasteiger partial charge in [-0.25, -0.2) is 4.39 Å². The molecule has 0 fully saturated rings. The molecule has 0 radical (unpaired) electrons. The topological polar surface area (TPSA) is 60.2 Å². The molecule has 2 N–H and O–H groups in total. The molecule has 0 spiro atoms. The van der Waals surface area contributed by atoms with Crippen LogP contribution in [0.3, 0.4) is 0 Å². The molecule has 13 heteroatoms. The van der Waals surface area contributed by atoms with Crippen molar-refractivity contribution in [2.45, 2.75) is 6.42 Å². The van der Waals surface area contributed by atoms with Gasteiger partial charge < -0.3 is 28.3 Å². The van der Waals surface area contributed by atoms with Gasteiger partial charge in [-0.3, -0.25) is 0 Å². The predicted molar refractivity (Wildman–Crippen MR) is 452 cm³/mol. The molecule has 0 amide bonds. The number of benzene rings is 15. The first-order valence-electron chi connectivity index (χ1n) is 34.0. The van der Waals surface area contributed by atoms with Crippen molar-refractivity contribution in [3.8, 4) is 45.0 Å². The molecule has 104 heavy (non-hydrogen) atoms. The highest BCUT2D eigenvalue weighted by molar-refractivity contribution is 9.11. The smallest absolute Gasteiger partial charge is 0.423 e. The average Bonchev–Trinajstić information content (AvgIpc) is 1.54. The van der Waals surface area contributed by atoms with Crippen LogP contribution in [0, 0.1) is 5.82 Å². The molecule has 19 aromatic rings. The van der Waals surface area contributed by atoms with Crippen molar-refractivity contribution in [1.29, 1.82) is 0 Å². The van der Waals surface area contributed by atoms with Crippen molar-refractivity contribution in [3.63, 3.8) is 0 Å². The fourth-order valence-electron chi connectivity index (χ4n) is 14.7. The van der Waals surface area contributed by atoms with Crippen molar-refractivity contribution in [2.75, 3.05) is 0 Å². The second-order valence-corrected chi connectivity index (χ2v) is 29.7. The molecular weight excluding hydrogens is 1610 g/mol. The van der Waals surface area contributed by atoms with Crippen molar-refractivity contribution in [1.82, 2.24) is 18.3 Å². The fraction of sp³-hybridized carbons (Fsp3) is 0.0110. The lowest BCUT2D eigenvalue weighted by molar-refractivity contribution is 0.425. The summed E-state index contributed by atoms with van der Waals surface area (Å²) in [4.78, 5) is 0. The van der Waals surface area contributed by atoms with E-state index in [9.17, 15) is 14.4 Å². The first kappa shape index (κ1) is 68.3. The summed E-state index contributed by atoms with van der Waals surface area (Å²) in [6.07, 6.45) is 1.10. The number of hydrogen-bond donors (Lipinski definition) is 2. The summed E-state index contributed by atoms with van der Waals surface area (Å²) in [6, 6.07) is 119. The van der Waals surface area contributed by atoms with E-state index in [4.69, 9.17) is 0 Å². The first-order valence-corrected chi connectivity index (χ1v) is 37.9. The number of aromatic nitrogens is 4. The van der Waals surface area contributed by atoms with E-state index in [1.165, 1.54) is 111 Å². The van der Waals surface area contributed by atoms with Gasteiger partial charge in [0.05, 0.1) is 65.7 Å². The number of nitrogens with zero attached hydrogens (tertiary/aromatic N) is 4. The van der Waals surface area contributed by atoms with Crippen molar-refractivity contribution >= 4 is 179 Å². The Balaban J connectivity index is 0.000000109. The Morgan fingerprint density at radius 2 is 0.529 bits per heavy atom. The fourth-order valence-corrected chi connectivity index (χ4v) is 16.4. The Labute approximate surface area is 642 Å². The molecular formula is C91H61BBr5FN4O2. The van der Waals surface area contributed by atoms with E-state index in [2.05, 4.69) is 371 Å². The minimum absolute atomic E-state index is 0.246. The van der Waals surface area contributed by atoms with Gasteiger partial charge in [-0.1, -0.05) is 284 Å². The molecule has 0 bridgehead atoms. The van der Waals surface area contributed by atoms with E-state index in [0.29, 0.717) is 9.94 Å². The van der Waals surface area contributed by atoms with E-state index in [1.54, 1.807) is 18.2 Å². The summed E-state index contributed by atoms with van der Waals surface area (Å²) in [5.74, 6) is -0.246. The van der Waals surface area contributed by atoms with Gasteiger partial charge in [-0.2, -0.15) is 0 Å². The Hall–Kier alpha value is -10.2. The van der Waals surface area contributed by atoms with Crippen molar-refractivity contribution < 1.29 is 14.4 Å². The van der Waals surface area contributed by atoms with Gasteiger partial charge in [0.2, 0.25) is 0 Å². The normalized spacial score (nSPS) is 11.4. The van der Waals surface area contributed by atoms with Crippen LogP contribution in [-0.4, -0.2) is 35.4 Å². The summed E-state index contributed by atoms with van der Waals surface area (Å²) in [5, 5.41) is 29.3. The first-order chi connectivity index (χ1) is 51.0. The van der Waals surface area contributed by atoms with Gasteiger partial charge in [0, 0.05) is 83.3 Å². The lowest BCUT2D eigenvalue weighted by Crippen LogP contribution is -2.33. The number of halogens is 6. The minimum Gasteiger partial charge on any atom is -0.423 e. The number of fused-ring (bicyclic) bond motifs is 15. The maximum Gasteiger partial charge on any atom is 0.490 e. The molecule has 0 saturated heterocycles. The van der Waals surface area contributed by atoms with Crippen LogP contribution in [0.1, 0.15) is 11.1 Å². The minimum atomic E-state index is -1.50. The second-order valence-electron chi connectivity index (χ2n) is 25.2. The van der Waals surface area contributed by atoms with Crippen molar-refractivity contribution in [2.24, 2.45) is 0 Å². The SMILES string of the molecule is Brc1ccc(-c2ccccc2-n2c3ccccc3c3ccccc32)c(-n2c3ccccc3c3ccccc32)c1.Brc1ccc(Br)c(-n2c3ccccc3c3ccccc32)c1.Fc1cc(Br)ccc1Br.OB(O)c1ccccc1-n1c2ccccc2c2ccccc21.c1ccc2c(c1)Cc1ccccc1-2. The Morgan fingerprint density at radius 1 is 0.250 bits per heavy atom. The molecule has 502 valence electrons.